The number of esters is 1. The molecule has 1 aromatic heterocycles. The van der Waals surface area contributed by atoms with E-state index < -0.39 is 6.10 Å². The SMILES string of the molecule is CCOC(=O)CCN(Cc1cccnc1)C(=O)C(C)Oc1ccccc1Cl. The van der Waals surface area contributed by atoms with Gasteiger partial charge in [0.15, 0.2) is 6.10 Å². The number of rotatable bonds is 9. The Morgan fingerprint density at radius 2 is 2.00 bits per heavy atom. The standard InChI is InChI=1S/C20H23ClN2O4/c1-3-26-19(24)10-12-23(14-16-7-6-11-22-13-16)20(25)15(2)27-18-9-5-4-8-17(18)21/h4-9,11,13,15H,3,10,12,14H2,1-2H3. The Morgan fingerprint density at radius 1 is 1.22 bits per heavy atom. The van der Waals surface area contributed by atoms with Crippen LogP contribution < -0.4 is 4.74 Å². The summed E-state index contributed by atoms with van der Waals surface area (Å²) in [5.74, 6) is -0.157. The van der Waals surface area contributed by atoms with Crippen molar-refractivity contribution in [3.8, 4) is 5.75 Å². The van der Waals surface area contributed by atoms with Crippen LogP contribution in [-0.4, -0.2) is 41.0 Å². The molecule has 0 spiro atoms. The molecule has 0 radical (unpaired) electrons. The van der Waals surface area contributed by atoms with Gasteiger partial charge in [-0.2, -0.15) is 0 Å². The van der Waals surface area contributed by atoms with Gasteiger partial charge in [-0.1, -0.05) is 29.8 Å². The highest BCUT2D eigenvalue weighted by atomic mass is 35.5. The number of hydrogen-bond acceptors (Lipinski definition) is 5. The van der Waals surface area contributed by atoms with Crippen molar-refractivity contribution >= 4 is 23.5 Å². The molecule has 1 atom stereocenters. The van der Waals surface area contributed by atoms with E-state index >= 15 is 0 Å². The quantitative estimate of drug-likeness (QED) is 0.613. The number of para-hydroxylation sites is 1. The van der Waals surface area contributed by atoms with Gasteiger partial charge in [0.1, 0.15) is 5.75 Å². The molecule has 1 unspecified atom stereocenters. The van der Waals surface area contributed by atoms with Crippen LogP contribution in [0.4, 0.5) is 0 Å². The zero-order chi connectivity index (χ0) is 19.6. The molecule has 2 aromatic rings. The number of hydrogen-bond donors (Lipinski definition) is 0. The summed E-state index contributed by atoms with van der Waals surface area (Å²) < 4.78 is 10.7. The maximum absolute atomic E-state index is 12.9. The molecule has 2 rings (SSSR count). The summed E-state index contributed by atoms with van der Waals surface area (Å²) in [5.41, 5.74) is 0.861. The fraction of sp³-hybridized carbons (Fsp3) is 0.350. The third-order valence-corrected chi connectivity index (χ3v) is 4.10. The van der Waals surface area contributed by atoms with Crippen LogP contribution >= 0.6 is 11.6 Å². The molecule has 0 saturated heterocycles. The van der Waals surface area contributed by atoms with Crippen molar-refractivity contribution in [2.75, 3.05) is 13.2 Å². The van der Waals surface area contributed by atoms with Gasteiger partial charge >= 0.3 is 5.97 Å². The molecule has 1 aromatic carbocycles. The monoisotopic (exact) mass is 390 g/mol. The van der Waals surface area contributed by atoms with Crippen LogP contribution in [0.15, 0.2) is 48.8 Å². The number of ether oxygens (including phenoxy) is 2. The van der Waals surface area contributed by atoms with E-state index in [-0.39, 0.29) is 24.8 Å². The van der Waals surface area contributed by atoms with E-state index in [0.717, 1.165) is 5.56 Å². The number of aromatic nitrogens is 1. The van der Waals surface area contributed by atoms with Crippen molar-refractivity contribution in [1.82, 2.24) is 9.88 Å². The molecule has 1 heterocycles. The summed E-state index contributed by atoms with van der Waals surface area (Å²) in [6.45, 7) is 4.26. The number of nitrogens with zero attached hydrogens (tertiary/aromatic N) is 2. The smallest absolute Gasteiger partial charge is 0.307 e. The summed E-state index contributed by atoms with van der Waals surface area (Å²) >= 11 is 6.10. The lowest BCUT2D eigenvalue weighted by Crippen LogP contribution is -2.41. The summed E-state index contributed by atoms with van der Waals surface area (Å²) in [4.78, 5) is 30.3. The Hall–Kier alpha value is -2.60. The van der Waals surface area contributed by atoms with Crippen LogP contribution in [0, 0.1) is 0 Å². The Morgan fingerprint density at radius 3 is 2.67 bits per heavy atom. The van der Waals surface area contributed by atoms with Crippen molar-refractivity contribution in [3.05, 3.63) is 59.4 Å². The Bertz CT molecular complexity index is 755. The highest BCUT2D eigenvalue weighted by molar-refractivity contribution is 6.32. The van der Waals surface area contributed by atoms with Crippen LogP contribution in [0.1, 0.15) is 25.8 Å². The van der Waals surface area contributed by atoms with Crippen molar-refractivity contribution < 1.29 is 19.1 Å². The Balaban J connectivity index is 2.08. The molecule has 0 fully saturated rings. The van der Waals surface area contributed by atoms with E-state index in [2.05, 4.69) is 4.98 Å². The van der Waals surface area contributed by atoms with Crippen molar-refractivity contribution in [2.45, 2.75) is 32.9 Å². The Kier molecular flexibility index (Phi) is 8.07. The lowest BCUT2D eigenvalue weighted by atomic mass is 10.2. The Labute approximate surface area is 164 Å². The predicted molar refractivity (Wildman–Crippen MR) is 102 cm³/mol. The average Bonchev–Trinajstić information content (AvgIpc) is 2.67. The predicted octanol–water partition coefficient (Wildman–Crippen LogP) is 3.48. The zero-order valence-electron chi connectivity index (χ0n) is 15.4. The molecule has 0 bridgehead atoms. The number of carbonyl (C=O) groups is 2. The van der Waals surface area contributed by atoms with E-state index in [1.807, 2.05) is 6.07 Å². The maximum atomic E-state index is 12.9. The lowest BCUT2D eigenvalue weighted by Gasteiger charge is -2.26. The lowest BCUT2D eigenvalue weighted by molar-refractivity contribution is -0.145. The first-order valence-corrected chi connectivity index (χ1v) is 9.13. The number of carbonyl (C=O) groups excluding carboxylic acids is 2. The van der Waals surface area contributed by atoms with E-state index in [1.54, 1.807) is 61.5 Å². The summed E-state index contributed by atoms with van der Waals surface area (Å²) in [6.07, 6.45) is 2.70. The fourth-order valence-corrected chi connectivity index (χ4v) is 2.66. The second kappa shape index (κ2) is 10.5. The maximum Gasteiger partial charge on any atom is 0.307 e. The van der Waals surface area contributed by atoms with Gasteiger partial charge in [-0.25, -0.2) is 0 Å². The highest BCUT2D eigenvalue weighted by Crippen LogP contribution is 2.24. The second-order valence-electron chi connectivity index (χ2n) is 5.87. The minimum atomic E-state index is -0.760. The van der Waals surface area contributed by atoms with Gasteiger partial charge < -0.3 is 14.4 Å². The van der Waals surface area contributed by atoms with Crippen molar-refractivity contribution in [3.63, 3.8) is 0 Å². The third-order valence-electron chi connectivity index (χ3n) is 3.79. The van der Waals surface area contributed by atoms with Gasteiger partial charge in [0.25, 0.3) is 5.91 Å². The molecule has 6 nitrogen and oxygen atoms in total. The largest absolute Gasteiger partial charge is 0.479 e. The number of benzene rings is 1. The van der Waals surface area contributed by atoms with Crippen LogP contribution in [0.2, 0.25) is 5.02 Å². The molecule has 27 heavy (non-hydrogen) atoms. The van der Waals surface area contributed by atoms with Gasteiger partial charge in [-0.05, 0) is 37.6 Å². The first-order valence-electron chi connectivity index (χ1n) is 8.75. The summed E-state index contributed by atoms with van der Waals surface area (Å²) in [5, 5.41) is 0.433. The fourth-order valence-electron chi connectivity index (χ4n) is 2.48. The molecule has 0 aliphatic rings. The minimum absolute atomic E-state index is 0.110. The van der Waals surface area contributed by atoms with Crippen LogP contribution in [0.25, 0.3) is 0 Å². The molecule has 0 N–H and O–H groups in total. The summed E-state index contributed by atoms with van der Waals surface area (Å²) in [6, 6.07) is 10.6. The van der Waals surface area contributed by atoms with Gasteiger partial charge in [-0.15, -0.1) is 0 Å². The molecule has 7 heteroatoms. The van der Waals surface area contributed by atoms with E-state index in [0.29, 0.717) is 23.9 Å². The van der Waals surface area contributed by atoms with Gasteiger partial charge in [0.05, 0.1) is 18.1 Å². The van der Waals surface area contributed by atoms with E-state index in [9.17, 15) is 9.59 Å². The molecule has 0 saturated carbocycles. The normalized spacial score (nSPS) is 11.5. The topological polar surface area (TPSA) is 68.7 Å². The van der Waals surface area contributed by atoms with E-state index in [4.69, 9.17) is 21.1 Å². The van der Waals surface area contributed by atoms with Crippen LogP contribution in [0.3, 0.4) is 0 Å². The molecule has 0 aliphatic heterocycles. The molecular formula is C20H23ClN2O4. The van der Waals surface area contributed by atoms with Crippen LogP contribution in [-0.2, 0) is 20.9 Å². The molecule has 1 amide bonds. The van der Waals surface area contributed by atoms with Crippen LogP contribution in [0.5, 0.6) is 5.75 Å². The zero-order valence-corrected chi connectivity index (χ0v) is 16.2. The van der Waals surface area contributed by atoms with Gasteiger partial charge in [-0.3, -0.25) is 14.6 Å². The minimum Gasteiger partial charge on any atom is -0.479 e. The average molecular weight is 391 g/mol. The highest BCUT2D eigenvalue weighted by Gasteiger charge is 2.24. The summed E-state index contributed by atoms with van der Waals surface area (Å²) in [7, 11) is 0. The number of amides is 1. The van der Waals surface area contributed by atoms with Crippen molar-refractivity contribution in [2.24, 2.45) is 0 Å². The van der Waals surface area contributed by atoms with Gasteiger partial charge in [0, 0.05) is 25.5 Å². The van der Waals surface area contributed by atoms with Crippen molar-refractivity contribution in [1.29, 1.82) is 0 Å². The first kappa shape index (κ1) is 20.7. The molecule has 144 valence electrons. The number of halogens is 1. The molecule has 0 aliphatic carbocycles. The van der Waals surface area contributed by atoms with E-state index in [1.165, 1.54) is 0 Å². The third kappa shape index (κ3) is 6.57. The van der Waals surface area contributed by atoms with Gasteiger partial charge in [0.2, 0.25) is 0 Å². The second-order valence-corrected chi connectivity index (χ2v) is 6.27. The number of pyridine rings is 1. The first-order chi connectivity index (χ1) is 13.0. The molecular weight excluding hydrogens is 368 g/mol.